The predicted molar refractivity (Wildman–Crippen MR) is 85.2 cm³/mol. The lowest BCUT2D eigenvalue weighted by Gasteiger charge is -2.11. The van der Waals surface area contributed by atoms with Crippen LogP contribution in [0.15, 0.2) is 48.5 Å². The number of benzene rings is 2. The van der Waals surface area contributed by atoms with Crippen molar-refractivity contribution in [2.75, 3.05) is 5.32 Å². The number of anilines is 1. The highest BCUT2D eigenvalue weighted by Crippen LogP contribution is 2.24. The number of rotatable bonds is 3. The number of nitrogens with one attached hydrogen (secondary N) is 1. The highest BCUT2D eigenvalue weighted by molar-refractivity contribution is 6.31. The third kappa shape index (κ3) is 2.83. The fourth-order valence-corrected chi connectivity index (χ4v) is 2.50. The van der Waals surface area contributed by atoms with Crippen LogP contribution in [0.25, 0.3) is 10.9 Å². The molecule has 0 aliphatic rings. The Morgan fingerprint density at radius 3 is 2.71 bits per heavy atom. The lowest BCUT2D eigenvalue weighted by atomic mass is 10.1. The molecule has 3 rings (SSSR count). The van der Waals surface area contributed by atoms with Crippen molar-refractivity contribution in [3.8, 4) is 0 Å². The van der Waals surface area contributed by atoms with Crippen molar-refractivity contribution in [2.45, 2.75) is 13.5 Å². The Morgan fingerprint density at radius 1 is 1.10 bits per heavy atom. The van der Waals surface area contributed by atoms with Gasteiger partial charge in [-0.3, -0.25) is 4.98 Å². The normalized spacial score (nSPS) is 10.8. The van der Waals surface area contributed by atoms with E-state index in [-0.39, 0.29) is 5.82 Å². The van der Waals surface area contributed by atoms with Crippen LogP contribution >= 0.6 is 11.6 Å². The number of pyridine rings is 1. The Bertz CT molecular complexity index is 782. The van der Waals surface area contributed by atoms with E-state index < -0.39 is 0 Å². The molecule has 0 spiro atoms. The molecule has 2 nitrogen and oxygen atoms in total. The minimum Gasteiger partial charge on any atom is -0.379 e. The van der Waals surface area contributed by atoms with Crippen LogP contribution in [0.4, 0.5) is 10.1 Å². The number of aromatic nitrogens is 1. The molecule has 4 heteroatoms. The first kappa shape index (κ1) is 13.8. The van der Waals surface area contributed by atoms with E-state index in [2.05, 4.69) is 10.3 Å². The standard InChI is InChI=1S/C17H14ClFN2/c1-11-8-9-12-4-2-7-16(17(12)21-11)20-10-13-14(18)5-3-6-15(13)19/h2-9,20H,10H2,1H3. The molecular formula is C17H14ClFN2. The summed E-state index contributed by atoms with van der Waals surface area (Å²) in [5.74, 6) is -0.306. The zero-order valence-electron chi connectivity index (χ0n) is 11.5. The van der Waals surface area contributed by atoms with Crippen LogP contribution in [0.2, 0.25) is 5.02 Å². The van der Waals surface area contributed by atoms with E-state index in [0.29, 0.717) is 17.1 Å². The summed E-state index contributed by atoms with van der Waals surface area (Å²) in [6.45, 7) is 2.27. The first-order chi connectivity index (χ1) is 10.1. The molecule has 0 saturated carbocycles. The van der Waals surface area contributed by atoms with Crippen molar-refractivity contribution < 1.29 is 4.39 Å². The van der Waals surface area contributed by atoms with Crippen molar-refractivity contribution in [1.29, 1.82) is 0 Å². The number of para-hydroxylation sites is 1. The van der Waals surface area contributed by atoms with Crippen LogP contribution in [0.5, 0.6) is 0 Å². The number of fused-ring (bicyclic) bond motifs is 1. The molecule has 106 valence electrons. The molecule has 1 heterocycles. The first-order valence-electron chi connectivity index (χ1n) is 6.68. The predicted octanol–water partition coefficient (Wildman–Crippen LogP) is 4.95. The summed E-state index contributed by atoms with van der Waals surface area (Å²) in [5, 5.41) is 4.70. The lowest BCUT2D eigenvalue weighted by Crippen LogP contribution is -2.03. The molecule has 0 bridgehead atoms. The molecule has 1 aromatic heterocycles. The first-order valence-corrected chi connectivity index (χ1v) is 7.06. The number of halogens is 2. The molecule has 0 fully saturated rings. The maximum atomic E-state index is 13.8. The van der Waals surface area contributed by atoms with E-state index in [1.807, 2.05) is 37.3 Å². The summed E-state index contributed by atoms with van der Waals surface area (Å²) < 4.78 is 13.8. The SMILES string of the molecule is Cc1ccc2cccc(NCc3c(F)cccc3Cl)c2n1. The van der Waals surface area contributed by atoms with Crippen LogP contribution in [0.3, 0.4) is 0 Å². The topological polar surface area (TPSA) is 24.9 Å². The minimum absolute atomic E-state index is 0.306. The van der Waals surface area contributed by atoms with Crippen LogP contribution in [-0.4, -0.2) is 4.98 Å². The van der Waals surface area contributed by atoms with Gasteiger partial charge in [-0.1, -0.05) is 35.9 Å². The molecule has 0 aliphatic heterocycles. The van der Waals surface area contributed by atoms with Gasteiger partial charge in [-0.25, -0.2) is 4.39 Å². The second-order valence-corrected chi connectivity index (χ2v) is 5.29. The third-order valence-corrected chi connectivity index (χ3v) is 3.73. The van der Waals surface area contributed by atoms with Crippen molar-refractivity contribution >= 4 is 28.2 Å². The van der Waals surface area contributed by atoms with Crippen molar-refractivity contribution in [3.05, 3.63) is 70.6 Å². The van der Waals surface area contributed by atoms with Gasteiger partial charge in [-0.05, 0) is 31.2 Å². The number of hydrogen-bond acceptors (Lipinski definition) is 2. The van der Waals surface area contributed by atoms with E-state index in [1.165, 1.54) is 6.07 Å². The van der Waals surface area contributed by atoms with Crippen molar-refractivity contribution in [1.82, 2.24) is 4.98 Å². The maximum absolute atomic E-state index is 13.8. The van der Waals surface area contributed by atoms with Gasteiger partial charge in [0.15, 0.2) is 0 Å². The van der Waals surface area contributed by atoms with Crippen molar-refractivity contribution in [2.24, 2.45) is 0 Å². The number of aryl methyl sites for hydroxylation is 1. The fourth-order valence-electron chi connectivity index (χ4n) is 2.27. The highest BCUT2D eigenvalue weighted by Gasteiger charge is 2.08. The van der Waals surface area contributed by atoms with Crippen LogP contribution in [0, 0.1) is 12.7 Å². The molecule has 2 aromatic carbocycles. The smallest absolute Gasteiger partial charge is 0.129 e. The van der Waals surface area contributed by atoms with Gasteiger partial charge in [0.05, 0.1) is 11.2 Å². The third-order valence-electron chi connectivity index (χ3n) is 3.38. The monoisotopic (exact) mass is 300 g/mol. The molecule has 0 saturated heterocycles. The lowest BCUT2D eigenvalue weighted by molar-refractivity contribution is 0.613. The number of nitrogens with zero attached hydrogens (tertiary/aromatic N) is 1. The summed E-state index contributed by atoms with van der Waals surface area (Å²) in [6.07, 6.45) is 0. The fraction of sp³-hybridized carbons (Fsp3) is 0.118. The van der Waals surface area contributed by atoms with E-state index in [0.717, 1.165) is 22.3 Å². The van der Waals surface area contributed by atoms with Gasteiger partial charge in [0.2, 0.25) is 0 Å². The summed E-state index contributed by atoms with van der Waals surface area (Å²) in [5.41, 5.74) is 3.16. The van der Waals surface area contributed by atoms with Gasteiger partial charge in [-0.15, -0.1) is 0 Å². The molecule has 1 N–H and O–H groups in total. The van der Waals surface area contributed by atoms with Gasteiger partial charge >= 0.3 is 0 Å². The van der Waals surface area contributed by atoms with Crippen LogP contribution in [-0.2, 0) is 6.54 Å². The van der Waals surface area contributed by atoms with Gasteiger partial charge < -0.3 is 5.32 Å². The van der Waals surface area contributed by atoms with Crippen LogP contribution in [0.1, 0.15) is 11.3 Å². The quantitative estimate of drug-likeness (QED) is 0.740. The Balaban J connectivity index is 1.94. The molecule has 0 radical (unpaired) electrons. The van der Waals surface area contributed by atoms with E-state index in [9.17, 15) is 4.39 Å². The minimum atomic E-state index is -0.306. The largest absolute Gasteiger partial charge is 0.379 e. The molecule has 3 aromatic rings. The van der Waals surface area contributed by atoms with E-state index >= 15 is 0 Å². The van der Waals surface area contributed by atoms with Crippen LogP contribution < -0.4 is 5.32 Å². The summed E-state index contributed by atoms with van der Waals surface area (Å²) in [6, 6.07) is 14.6. The molecular weight excluding hydrogens is 287 g/mol. The highest BCUT2D eigenvalue weighted by atomic mass is 35.5. The Kier molecular flexibility index (Phi) is 3.76. The second-order valence-electron chi connectivity index (χ2n) is 4.88. The van der Waals surface area contributed by atoms with Gasteiger partial charge in [-0.2, -0.15) is 0 Å². The maximum Gasteiger partial charge on any atom is 0.129 e. The van der Waals surface area contributed by atoms with Gasteiger partial charge in [0, 0.05) is 28.2 Å². The van der Waals surface area contributed by atoms with E-state index in [4.69, 9.17) is 11.6 Å². The molecule has 21 heavy (non-hydrogen) atoms. The summed E-state index contributed by atoms with van der Waals surface area (Å²) in [4.78, 5) is 4.54. The van der Waals surface area contributed by atoms with Gasteiger partial charge in [0.1, 0.15) is 5.82 Å². The zero-order chi connectivity index (χ0) is 14.8. The Hall–Kier alpha value is -2.13. The van der Waals surface area contributed by atoms with Crippen molar-refractivity contribution in [3.63, 3.8) is 0 Å². The Labute approximate surface area is 127 Å². The second kappa shape index (κ2) is 5.70. The van der Waals surface area contributed by atoms with E-state index in [1.54, 1.807) is 12.1 Å². The molecule has 0 amide bonds. The number of hydrogen-bond donors (Lipinski definition) is 1. The Morgan fingerprint density at radius 2 is 1.90 bits per heavy atom. The van der Waals surface area contributed by atoms with Gasteiger partial charge in [0.25, 0.3) is 0 Å². The average Bonchev–Trinajstić information content (AvgIpc) is 2.47. The average molecular weight is 301 g/mol. The summed E-state index contributed by atoms with van der Waals surface area (Å²) >= 11 is 6.04. The summed E-state index contributed by atoms with van der Waals surface area (Å²) in [7, 11) is 0. The zero-order valence-corrected chi connectivity index (χ0v) is 12.3. The molecule has 0 atom stereocenters. The molecule has 0 unspecified atom stereocenters. The molecule has 0 aliphatic carbocycles.